The van der Waals surface area contributed by atoms with Crippen molar-refractivity contribution in [2.75, 3.05) is 0 Å². The summed E-state index contributed by atoms with van der Waals surface area (Å²) in [6.07, 6.45) is 1.70. The van der Waals surface area contributed by atoms with E-state index in [1.165, 1.54) is 0 Å². The fraction of sp³-hybridized carbons (Fsp3) is 0.0455. The average molecular weight is 374 g/mol. The van der Waals surface area contributed by atoms with E-state index in [0.717, 1.165) is 27.9 Å². The number of halogens is 1. The first-order chi connectivity index (χ1) is 13.2. The number of benzene rings is 2. The van der Waals surface area contributed by atoms with Gasteiger partial charge in [0.05, 0.1) is 29.0 Å². The molecular formula is C22H16ClN3O. The van der Waals surface area contributed by atoms with Gasteiger partial charge in [-0.1, -0.05) is 48.0 Å². The maximum Gasteiger partial charge on any atom is 0.252 e. The van der Waals surface area contributed by atoms with E-state index in [1.54, 1.807) is 18.3 Å². The molecule has 2 aromatic carbocycles. The number of nitrogens with zero attached hydrogens (tertiary/aromatic N) is 2. The molecule has 1 N–H and O–H groups in total. The van der Waals surface area contributed by atoms with E-state index in [2.05, 4.69) is 10.3 Å². The molecule has 0 spiro atoms. The lowest BCUT2D eigenvalue weighted by atomic mass is 10.0. The van der Waals surface area contributed by atoms with Crippen molar-refractivity contribution in [3.05, 3.63) is 95.3 Å². The molecule has 0 aliphatic heterocycles. The smallest absolute Gasteiger partial charge is 0.252 e. The van der Waals surface area contributed by atoms with Crippen LogP contribution in [0.5, 0.6) is 0 Å². The zero-order valence-electron chi connectivity index (χ0n) is 14.4. The minimum atomic E-state index is -0.187. The Morgan fingerprint density at radius 3 is 2.56 bits per heavy atom. The predicted octanol–water partition coefficient (Wildman–Crippen LogP) is 4.88. The van der Waals surface area contributed by atoms with Crippen molar-refractivity contribution in [3.63, 3.8) is 0 Å². The number of pyridine rings is 2. The van der Waals surface area contributed by atoms with Crippen LogP contribution in [-0.2, 0) is 6.54 Å². The highest BCUT2D eigenvalue weighted by atomic mass is 35.5. The van der Waals surface area contributed by atoms with E-state index < -0.39 is 0 Å². The zero-order valence-corrected chi connectivity index (χ0v) is 15.1. The summed E-state index contributed by atoms with van der Waals surface area (Å²) < 4.78 is 0. The van der Waals surface area contributed by atoms with E-state index in [1.807, 2.05) is 60.7 Å². The van der Waals surface area contributed by atoms with Gasteiger partial charge in [0.1, 0.15) is 0 Å². The molecule has 0 aliphatic carbocycles. The van der Waals surface area contributed by atoms with Crippen molar-refractivity contribution in [2.45, 2.75) is 6.54 Å². The highest BCUT2D eigenvalue weighted by Crippen LogP contribution is 2.27. The first kappa shape index (κ1) is 17.2. The summed E-state index contributed by atoms with van der Waals surface area (Å²) in [6, 6.07) is 22.6. The van der Waals surface area contributed by atoms with Crippen LogP contribution in [0.1, 0.15) is 16.1 Å². The Morgan fingerprint density at radius 2 is 1.78 bits per heavy atom. The fourth-order valence-corrected chi connectivity index (χ4v) is 3.08. The lowest BCUT2D eigenvalue weighted by Crippen LogP contribution is -2.23. The maximum absolute atomic E-state index is 12.9. The standard InChI is InChI=1S/C22H16ClN3O/c23-16-9-10-20-18(12-16)19(13-21(26-20)15-6-2-1-3-7-15)22(27)25-14-17-8-4-5-11-24-17/h1-13H,14H2,(H,25,27). The Bertz CT molecular complexity index is 1100. The number of hydrogen-bond acceptors (Lipinski definition) is 3. The van der Waals surface area contributed by atoms with Crippen LogP contribution in [0.15, 0.2) is 79.0 Å². The van der Waals surface area contributed by atoms with Gasteiger partial charge >= 0.3 is 0 Å². The first-order valence-corrected chi connectivity index (χ1v) is 8.92. The van der Waals surface area contributed by atoms with Gasteiger partial charge in [-0.15, -0.1) is 0 Å². The molecule has 4 aromatic rings. The number of carbonyl (C=O) groups excluding carboxylic acids is 1. The number of amides is 1. The van der Waals surface area contributed by atoms with Crippen LogP contribution in [0, 0.1) is 0 Å². The first-order valence-electron chi connectivity index (χ1n) is 8.54. The third-order valence-electron chi connectivity index (χ3n) is 4.24. The van der Waals surface area contributed by atoms with Gasteiger partial charge in [-0.05, 0) is 36.4 Å². The molecule has 0 saturated carbocycles. The third kappa shape index (κ3) is 3.81. The van der Waals surface area contributed by atoms with E-state index in [0.29, 0.717) is 17.1 Å². The predicted molar refractivity (Wildman–Crippen MR) is 108 cm³/mol. The summed E-state index contributed by atoms with van der Waals surface area (Å²) in [4.78, 5) is 21.9. The van der Waals surface area contributed by atoms with Crippen molar-refractivity contribution in [3.8, 4) is 11.3 Å². The van der Waals surface area contributed by atoms with Gasteiger partial charge in [0, 0.05) is 22.2 Å². The summed E-state index contributed by atoms with van der Waals surface area (Å²) in [6.45, 7) is 0.352. The van der Waals surface area contributed by atoms with Gasteiger partial charge in [0.25, 0.3) is 5.91 Å². The van der Waals surface area contributed by atoms with E-state index in [-0.39, 0.29) is 5.91 Å². The molecule has 4 rings (SSSR count). The van der Waals surface area contributed by atoms with Crippen molar-refractivity contribution in [1.82, 2.24) is 15.3 Å². The Kier molecular flexibility index (Phi) is 4.81. The van der Waals surface area contributed by atoms with E-state index in [4.69, 9.17) is 16.6 Å². The third-order valence-corrected chi connectivity index (χ3v) is 4.48. The van der Waals surface area contributed by atoms with Gasteiger partial charge in [0.2, 0.25) is 0 Å². The molecule has 4 nitrogen and oxygen atoms in total. The minimum absolute atomic E-state index is 0.187. The summed E-state index contributed by atoms with van der Waals surface area (Å²) in [5.74, 6) is -0.187. The maximum atomic E-state index is 12.9. The topological polar surface area (TPSA) is 54.9 Å². The van der Waals surface area contributed by atoms with Crippen molar-refractivity contribution < 1.29 is 4.79 Å². The lowest BCUT2D eigenvalue weighted by molar-refractivity contribution is 0.0952. The lowest BCUT2D eigenvalue weighted by Gasteiger charge is -2.11. The van der Waals surface area contributed by atoms with Crippen LogP contribution in [-0.4, -0.2) is 15.9 Å². The van der Waals surface area contributed by atoms with Gasteiger partial charge in [-0.2, -0.15) is 0 Å². The number of nitrogens with one attached hydrogen (secondary N) is 1. The fourth-order valence-electron chi connectivity index (χ4n) is 2.91. The van der Waals surface area contributed by atoms with Crippen LogP contribution in [0.25, 0.3) is 22.2 Å². The number of aromatic nitrogens is 2. The van der Waals surface area contributed by atoms with E-state index >= 15 is 0 Å². The molecular weight excluding hydrogens is 358 g/mol. The molecule has 5 heteroatoms. The highest BCUT2D eigenvalue weighted by molar-refractivity contribution is 6.31. The van der Waals surface area contributed by atoms with Gasteiger partial charge in [-0.25, -0.2) is 4.98 Å². The average Bonchev–Trinajstić information content (AvgIpc) is 2.72. The SMILES string of the molecule is O=C(NCc1ccccn1)c1cc(-c2ccccc2)nc2ccc(Cl)cc12. The van der Waals surface area contributed by atoms with Crippen LogP contribution in [0.2, 0.25) is 5.02 Å². The molecule has 0 bridgehead atoms. The number of fused-ring (bicyclic) bond motifs is 1. The molecule has 1 amide bonds. The molecule has 0 aliphatic rings. The van der Waals surface area contributed by atoms with Crippen molar-refractivity contribution in [2.24, 2.45) is 0 Å². The molecule has 0 unspecified atom stereocenters. The molecule has 132 valence electrons. The molecule has 2 heterocycles. The van der Waals surface area contributed by atoms with Crippen molar-refractivity contribution >= 4 is 28.4 Å². The van der Waals surface area contributed by atoms with Gasteiger partial charge in [0.15, 0.2) is 0 Å². The number of carbonyl (C=O) groups is 1. The second-order valence-electron chi connectivity index (χ2n) is 6.09. The van der Waals surface area contributed by atoms with Crippen LogP contribution in [0.4, 0.5) is 0 Å². The summed E-state index contributed by atoms with van der Waals surface area (Å²) in [5.41, 5.74) is 3.76. The molecule has 0 saturated heterocycles. The highest BCUT2D eigenvalue weighted by Gasteiger charge is 2.14. The number of hydrogen-bond donors (Lipinski definition) is 1. The van der Waals surface area contributed by atoms with E-state index in [9.17, 15) is 4.79 Å². The van der Waals surface area contributed by atoms with Crippen molar-refractivity contribution in [1.29, 1.82) is 0 Å². The minimum Gasteiger partial charge on any atom is -0.346 e. The Hall–Kier alpha value is -3.24. The normalized spacial score (nSPS) is 10.7. The van der Waals surface area contributed by atoms with Gasteiger partial charge in [-0.3, -0.25) is 9.78 Å². The second kappa shape index (κ2) is 7.56. The van der Waals surface area contributed by atoms with Crippen LogP contribution in [0.3, 0.4) is 0 Å². The Morgan fingerprint density at radius 1 is 0.963 bits per heavy atom. The molecule has 27 heavy (non-hydrogen) atoms. The Balaban J connectivity index is 1.75. The molecule has 0 radical (unpaired) electrons. The number of rotatable bonds is 4. The molecule has 2 aromatic heterocycles. The largest absolute Gasteiger partial charge is 0.346 e. The second-order valence-corrected chi connectivity index (χ2v) is 6.52. The Labute approximate surface area is 161 Å². The van der Waals surface area contributed by atoms with Crippen LogP contribution < -0.4 is 5.32 Å². The quantitative estimate of drug-likeness (QED) is 0.554. The zero-order chi connectivity index (χ0) is 18.6. The molecule has 0 atom stereocenters. The molecule has 0 fully saturated rings. The summed E-state index contributed by atoms with van der Waals surface area (Å²) >= 11 is 6.16. The monoisotopic (exact) mass is 373 g/mol. The summed E-state index contributed by atoms with van der Waals surface area (Å²) in [5, 5.41) is 4.22. The summed E-state index contributed by atoms with van der Waals surface area (Å²) in [7, 11) is 0. The van der Waals surface area contributed by atoms with Gasteiger partial charge < -0.3 is 5.32 Å². The van der Waals surface area contributed by atoms with Crippen LogP contribution >= 0.6 is 11.6 Å².